The van der Waals surface area contributed by atoms with Crippen molar-refractivity contribution in [2.24, 2.45) is 16.9 Å². The van der Waals surface area contributed by atoms with Crippen LogP contribution in [0.1, 0.15) is 52.7 Å². The maximum absolute atomic E-state index is 12.5. The maximum Gasteiger partial charge on any atom is 0.343 e. The second-order valence-electron chi connectivity index (χ2n) is 10.1. The molecule has 0 aliphatic carbocycles. The van der Waals surface area contributed by atoms with Crippen molar-refractivity contribution < 1.29 is 24.2 Å². The summed E-state index contributed by atoms with van der Waals surface area (Å²) in [5.41, 5.74) is 10.6. The summed E-state index contributed by atoms with van der Waals surface area (Å²) >= 11 is 1.72. The Morgan fingerprint density at radius 1 is 0.971 bits per heavy atom. The zero-order valence-corrected chi connectivity index (χ0v) is 21.6. The highest BCUT2D eigenvalue weighted by molar-refractivity contribution is 7.99. The smallest absolute Gasteiger partial charge is 0.343 e. The lowest BCUT2D eigenvalue weighted by atomic mass is 9.95. The SMILES string of the molecule is COc1ccc(C(N)(N)C(=O)O)cc1Oc1ccc(NC(=O)C(C)(C)C)cc1CSC(C)(C)C. The number of aliphatic carboxylic acids is 1. The monoisotopic (exact) mass is 489 g/mol. The van der Waals surface area contributed by atoms with Crippen LogP contribution in [0.4, 0.5) is 5.69 Å². The Hall–Kier alpha value is -2.75. The zero-order chi connectivity index (χ0) is 25.9. The summed E-state index contributed by atoms with van der Waals surface area (Å²) < 4.78 is 11.6. The lowest BCUT2D eigenvalue weighted by Gasteiger charge is -2.23. The van der Waals surface area contributed by atoms with Crippen LogP contribution in [0.2, 0.25) is 0 Å². The van der Waals surface area contributed by atoms with Gasteiger partial charge in [-0.15, -0.1) is 0 Å². The van der Waals surface area contributed by atoms with Gasteiger partial charge in [-0.3, -0.25) is 4.79 Å². The summed E-state index contributed by atoms with van der Waals surface area (Å²) in [4.78, 5) is 24.0. The molecule has 2 rings (SSSR count). The van der Waals surface area contributed by atoms with E-state index in [1.54, 1.807) is 30.0 Å². The van der Waals surface area contributed by atoms with Crippen molar-refractivity contribution in [2.45, 2.75) is 57.7 Å². The highest BCUT2D eigenvalue weighted by Gasteiger charge is 2.32. The molecular weight excluding hydrogens is 454 g/mol. The van der Waals surface area contributed by atoms with E-state index in [1.165, 1.54) is 19.2 Å². The third-order valence-electron chi connectivity index (χ3n) is 4.88. The van der Waals surface area contributed by atoms with Gasteiger partial charge in [-0.05, 0) is 30.3 Å². The lowest BCUT2D eigenvalue weighted by Crippen LogP contribution is -2.53. The fourth-order valence-corrected chi connectivity index (χ4v) is 3.55. The molecule has 0 radical (unpaired) electrons. The van der Waals surface area contributed by atoms with E-state index in [1.807, 2.05) is 26.8 Å². The number of hydrogen-bond acceptors (Lipinski definition) is 7. The van der Waals surface area contributed by atoms with Gasteiger partial charge < -0.3 is 31.4 Å². The van der Waals surface area contributed by atoms with Crippen molar-refractivity contribution in [3.63, 3.8) is 0 Å². The average Bonchev–Trinajstić information content (AvgIpc) is 2.72. The molecule has 8 nitrogen and oxygen atoms in total. The summed E-state index contributed by atoms with van der Waals surface area (Å²) in [5, 5.41) is 12.3. The molecule has 0 fully saturated rings. The highest BCUT2D eigenvalue weighted by Crippen LogP contribution is 2.39. The second-order valence-corrected chi connectivity index (χ2v) is 11.9. The molecule has 2 aromatic rings. The molecule has 0 heterocycles. The molecule has 0 bridgehead atoms. The molecule has 0 aliphatic rings. The number of carboxylic acids is 1. The van der Waals surface area contributed by atoms with Crippen molar-refractivity contribution in [1.29, 1.82) is 0 Å². The topological polar surface area (TPSA) is 137 Å². The van der Waals surface area contributed by atoms with E-state index in [0.717, 1.165) is 5.56 Å². The number of amides is 1. The first-order valence-corrected chi connectivity index (χ1v) is 11.8. The molecule has 0 spiro atoms. The Balaban J connectivity index is 2.49. The third kappa shape index (κ3) is 7.12. The molecule has 0 aliphatic heterocycles. The van der Waals surface area contributed by atoms with Gasteiger partial charge in [-0.1, -0.05) is 47.6 Å². The Bertz CT molecular complexity index is 1060. The first-order chi connectivity index (χ1) is 15.5. The van der Waals surface area contributed by atoms with Crippen LogP contribution in [-0.4, -0.2) is 28.8 Å². The summed E-state index contributed by atoms with van der Waals surface area (Å²) in [6.07, 6.45) is 0. The van der Waals surface area contributed by atoms with Crippen molar-refractivity contribution in [3.05, 3.63) is 47.5 Å². The number of carboxylic acid groups (broad SMARTS) is 1. The Morgan fingerprint density at radius 2 is 1.59 bits per heavy atom. The highest BCUT2D eigenvalue weighted by atomic mass is 32.2. The van der Waals surface area contributed by atoms with Crippen LogP contribution in [0.5, 0.6) is 17.2 Å². The van der Waals surface area contributed by atoms with Gasteiger partial charge in [0.05, 0.1) is 7.11 Å². The van der Waals surface area contributed by atoms with E-state index >= 15 is 0 Å². The minimum atomic E-state index is -2.09. The summed E-state index contributed by atoms with van der Waals surface area (Å²) in [6, 6.07) is 9.90. The van der Waals surface area contributed by atoms with Crippen LogP contribution in [0.25, 0.3) is 0 Å². The van der Waals surface area contributed by atoms with Crippen molar-refractivity contribution in [3.8, 4) is 17.2 Å². The molecule has 2 aromatic carbocycles. The van der Waals surface area contributed by atoms with Gasteiger partial charge >= 0.3 is 5.97 Å². The predicted octanol–water partition coefficient (Wildman–Crippen LogP) is 4.66. The number of methoxy groups -OCH3 is 1. The van der Waals surface area contributed by atoms with E-state index in [0.29, 0.717) is 22.9 Å². The first-order valence-electron chi connectivity index (χ1n) is 10.8. The molecule has 6 N–H and O–H groups in total. The van der Waals surface area contributed by atoms with Gasteiger partial charge in [0, 0.05) is 32.7 Å². The van der Waals surface area contributed by atoms with E-state index < -0.39 is 17.0 Å². The molecule has 9 heteroatoms. The van der Waals surface area contributed by atoms with Gasteiger partial charge in [-0.25, -0.2) is 4.79 Å². The number of hydrogen-bond donors (Lipinski definition) is 4. The predicted molar refractivity (Wildman–Crippen MR) is 136 cm³/mol. The standard InChI is InChI=1S/C25H35N3O5S/c1-23(2,3)21(29)28-17-9-11-18(15(12-17)14-34-24(4,5)6)33-20-13-16(8-10-19(20)32-7)25(26,27)22(30)31/h8-13H,14,26-27H2,1-7H3,(H,28,29)(H,30,31). The number of carbonyl (C=O) groups is 2. The third-order valence-corrected chi connectivity index (χ3v) is 6.20. The van der Waals surface area contributed by atoms with Crippen molar-refractivity contribution in [2.75, 3.05) is 12.4 Å². The quantitative estimate of drug-likeness (QED) is 0.393. The molecule has 0 saturated heterocycles. The maximum atomic E-state index is 12.5. The minimum Gasteiger partial charge on any atom is -0.493 e. The number of thioether (sulfide) groups is 1. The van der Waals surface area contributed by atoms with Gasteiger partial charge in [0.1, 0.15) is 5.75 Å². The number of anilines is 1. The Kier molecular flexibility index (Phi) is 8.29. The van der Waals surface area contributed by atoms with Crippen LogP contribution >= 0.6 is 11.8 Å². The largest absolute Gasteiger partial charge is 0.493 e. The molecule has 186 valence electrons. The fraction of sp³-hybridized carbons (Fsp3) is 0.440. The number of benzene rings is 2. The van der Waals surface area contributed by atoms with Gasteiger partial charge in [-0.2, -0.15) is 11.8 Å². The van der Waals surface area contributed by atoms with E-state index in [-0.39, 0.29) is 22.0 Å². The van der Waals surface area contributed by atoms with Crippen molar-refractivity contribution >= 4 is 29.3 Å². The number of rotatable bonds is 8. The molecular formula is C25H35N3O5S. The molecule has 0 aromatic heterocycles. The molecule has 0 saturated carbocycles. The van der Waals surface area contributed by atoms with Crippen LogP contribution in [0.15, 0.2) is 36.4 Å². The molecule has 1 amide bonds. The number of nitrogens with two attached hydrogens (primary N) is 2. The number of nitrogens with one attached hydrogen (secondary N) is 1. The summed E-state index contributed by atoms with van der Waals surface area (Å²) in [6.45, 7) is 11.9. The molecule has 0 unspecified atom stereocenters. The van der Waals surface area contributed by atoms with Crippen molar-refractivity contribution in [1.82, 2.24) is 0 Å². The summed E-state index contributed by atoms with van der Waals surface area (Å²) in [7, 11) is 1.48. The van der Waals surface area contributed by atoms with Crippen LogP contribution < -0.4 is 26.3 Å². The van der Waals surface area contributed by atoms with Gasteiger partial charge in [0.2, 0.25) is 5.91 Å². The summed E-state index contributed by atoms with van der Waals surface area (Å²) in [5.74, 6) is 0.355. The second kappa shape index (κ2) is 10.2. The van der Waals surface area contributed by atoms with E-state index in [9.17, 15) is 14.7 Å². The van der Waals surface area contributed by atoms with E-state index in [4.69, 9.17) is 20.9 Å². The van der Waals surface area contributed by atoms with Crippen LogP contribution in [0.3, 0.4) is 0 Å². The first kappa shape index (κ1) is 27.5. The van der Waals surface area contributed by atoms with Gasteiger partial charge in [0.25, 0.3) is 0 Å². The van der Waals surface area contributed by atoms with E-state index in [2.05, 4.69) is 26.1 Å². The zero-order valence-electron chi connectivity index (χ0n) is 20.8. The minimum absolute atomic E-state index is 0.000270. The Labute approximate surface area is 205 Å². The molecule has 34 heavy (non-hydrogen) atoms. The van der Waals surface area contributed by atoms with Crippen LogP contribution in [-0.2, 0) is 21.0 Å². The Morgan fingerprint density at radius 3 is 2.12 bits per heavy atom. The van der Waals surface area contributed by atoms with Gasteiger partial charge in [0.15, 0.2) is 17.2 Å². The normalized spacial score (nSPS) is 12.3. The van der Waals surface area contributed by atoms with Crippen LogP contribution in [0, 0.1) is 5.41 Å². The lowest BCUT2D eigenvalue weighted by molar-refractivity contribution is -0.143. The number of carbonyl (C=O) groups excluding carboxylic acids is 1. The fourth-order valence-electron chi connectivity index (χ4n) is 2.74. The molecule has 0 atom stereocenters. The number of ether oxygens (including phenoxy) is 2. The average molecular weight is 490 g/mol.